The Bertz CT molecular complexity index is 1460. The number of fused-ring (bicyclic) bond motifs is 1. The smallest absolute Gasteiger partial charge is 0.343 e. The lowest BCUT2D eigenvalue weighted by molar-refractivity contribution is 0.382. The Hall–Kier alpha value is -2.48. The first-order chi connectivity index (χ1) is 17.2. The van der Waals surface area contributed by atoms with E-state index in [1.165, 1.54) is 18.2 Å². The number of rotatable bonds is 6. The first-order valence-corrected chi connectivity index (χ1v) is 14.4. The van der Waals surface area contributed by atoms with E-state index in [9.17, 15) is 18.3 Å². The number of hydrogen-bond acceptors (Lipinski definition) is 5. The molecule has 1 unspecified atom stereocenters. The van der Waals surface area contributed by atoms with Crippen LogP contribution in [0, 0.1) is 5.92 Å². The first-order valence-electron chi connectivity index (χ1n) is 12.2. The molecule has 0 aliphatic heterocycles. The molecule has 6 nitrogen and oxygen atoms in total. The molecule has 5 rings (SSSR count). The third-order valence-electron chi connectivity index (χ3n) is 6.98. The largest absolute Gasteiger partial charge is 0.507 e. The van der Waals surface area contributed by atoms with Gasteiger partial charge in [-0.3, -0.25) is 4.72 Å². The second-order valence-corrected chi connectivity index (χ2v) is 12.1. The third-order valence-corrected chi connectivity index (χ3v) is 9.08. The van der Waals surface area contributed by atoms with Crippen molar-refractivity contribution in [2.24, 2.45) is 5.92 Å². The van der Waals surface area contributed by atoms with Crippen LogP contribution in [-0.4, -0.2) is 13.5 Å². The molecule has 1 aromatic heterocycles. The zero-order chi connectivity index (χ0) is 25.4. The number of aromatic hydroxyl groups is 1. The van der Waals surface area contributed by atoms with E-state index in [0.29, 0.717) is 24.3 Å². The molecule has 1 heterocycles. The molecule has 36 heavy (non-hydrogen) atoms. The van der Waals surface area contributed by atoms with Crippen LogP contribution in [0.4, 0.5) is 5.69 Å². The van der Waals surface area contributed by atoms with Crippen LogP contribution in [0.2, 0.25) is 10.0 Å². The monoisotopic (exact) mass is 547 g/mol. The Kier molecular flexibility index (Phi) is 7.07. The topological polar surface area (TPSA) is 96.6 Å². The minimum atomic E-state index is -4.01. The Morgan fingerprint density at radius 1 is 1.00 bits per heavy atom. The van der Waals surface area contributed by atoms with Crippen LogP contribution in [0.25, 0.3) is 0 Å². The van der Waals surface area contributed by atoms with Gasteiger partial charge in [-0.25, -0.2) is 13.2 Å². The van der Waals surface area contributed by atoms with Crippen LogP contribution in [0.3, 0.4) is 0 Å². The Labute approximate surface area is 220 Å². The van der Waals surface area contributed by atoms with Gasteiger partial charge in [0, 0.05) is 28.6 Å². The summed E-state index contributed by atoms with van der Waals surface area (Å²) in [5.74, 6) is 0.406. The molecule has 0 radical (unpaired) electrons. The highest BCUT2D eigenvalue weighted by Gasteiger charge is 2.38. The molecular formula is C27H27Cl2NO5S. The lowest BCUT2D eigenvalue weighted by Crippen LogP contribution is -2.19. The van der Waals surface area contributed by atoms with E-state index in [1.807, 2.05) is 6.07 Å². The van der Waals surface area contributed by atoms with Crippen LogP contribution < -0.4 is 10.3 Å². The predicted octanol–water partition coefficient (Wildman–Crippen LogP) is 6.65. The van der Waals surface area contributed by atoms with Gasteiger partial charge >= 0.3 is 5.63 Å². The van der Waals surface area contributed by atoms with Crippen molar-refractivity contribution in [1.82, 2.24) is 0 Å². The van der Waals surface area contributed by atoms with E-state index in [-0.39, 0.29) is 32.2 Å². The molecule has 0 bridgehead atoms. The maximum absolute atomic E-state index is 13.2. The maximum atomic E-state index is 13.2. The zero-order valence-corrected chi connectivity index (χ0v) is 21.9. The lowest BCUT2D eigenvalue weighted by atomic mass is 9.85. The number of aryl methyl sites for hydroxylation is 1. The minimum absolute atomic E-state index is 0.0387. The highest BCUT2D eigenvalue weighted by molar-refractivity contribution is 7.92. The summed E-state index contributed by atoms with van der Waals surface area (Å²) in [5, 5.41) is 11.6. The van der Waals surface area contributed by atoms with Crippen molar-refractivity contribution in [1.29, 1.82) is 0 Å². The van der Waals surface area contributed by atoms with E-state index in [1.54, 1.807) is 18.2 Å². The van der Waals surface area contributed by atoms with Crippen LogP contribution in [-0.2, 0) is 22.9 Å². The van der Waals surface area contributed by atoms with E-state index in [4.69, 9.17) is 27.6 Å². The summed E-state index contributed by atoms with van der Waals surface area (Å²) >= 11 is 12.1. The summed E-state index contributed by atoms with van der Waals surface area (Å²) in [6.45, 7) is 0. The molecule has 1 fully saturated rings. The third kappa shape index (κ3) is 5.15. The number of halogens is 2. The number of sulfonamides is 1. The molecule has 9 heteroatoms. The molecule has 190 valence electrons. The average Bonchev–Trinajstić information content (AvgIpc) is 3.64. The van der Waals surface area contributed by atoms with Gasteiger partial charge in [0.25, 0.3) is 10.0 Å². The van der Waals surface area contributed by atoms with E-state index >= 15 is 0 Å². The number of anilines is 1. The summed E-state index contributed by atoms with van der Waals surface area (Å²) in [6, 6.07) is 11.2. The Morgan fingerprint density at radius 3 is 2.50 bits per heavy atom. The maximum Gasteiger partial charge on any atom is 0.343 e. The Balaban J connectivity index is 1.53. The summed E-state index contributed by atoms with van der Waals surface area (Å²) in [5.41, 5.74) is 1.56. The molecule has 0 amide bonds. The summed E-state index contributed by atoms with van der Waals surface area (Å²) in [6.07, 6.45) is 7.18. The van der Waals surface area contributed by atoms with Crippen molar-refractivity contribution < 1.29 is 17.9 Å². The molecule has 0 spiro atoms. The van der Waals surface area contributed by atoms with E-state index < -0.39 is 21.6 Å². The van der Waals surface area contributed by atoms with Crippen molar-refractivity contribution in [3.05, 3.63) is 85.4 Å². The fourth-order valence-electron chi connectivity index (χ4n) is 5.09. The number of benzene rings is 2. The average molecular weight is 548 g/mol. The molecular weight excluding hydrogens is 521 g/mol. The molecule has 2 aliphatic rings. The van der Waals surface area contributed by atoms with Gasteiger partial charge in [-0.1, -0.05) is 48.2 Å². The van der Waals surface area contributed by atoms with Gasteiger partial charge < -0.3 is 9.52 Å². The standard InChI is InChI=1S/C27H27Cl2NO5S/c28-18-12-13-21(29)23(15-18)36(33,34)30-19-7-5-6-17(14-19)24(16-10-11-16)25-26(31)20-8-3-1-2-4-9-22(20)35-27(25)32/h5-7,12-16,24,30-31H,1-4,8-11H2. The first kappa shape index (κ1) is 25.2. The minimum Gasteiger partial charge on any atom is -0.507 e. The van der Waals surface area contributed by atoms with Crippen molar-refractivity contribution in [2.45, 2.75) is 62.2 Å². The van der Waals surface area contributed by atoms with Gasteiger partial charge in [-0.2, -0.15) is 0 Å². The molecule has 2 aromatic carbocycles. The second-order valence-electron chi connectivity index (χ2n) is 9.59. The fraction of sp³-hybridized carbons (Fsp3) is 0.370. The van der Waals surface area contributed by atoms with Crippen LogP contribution in [0.15, 0.2) is 56.6 Å². The molecule has 2 N–H and O–H groups in total. The SMILES string of the molecule is O=c1oc2c(c(O)c1C(c1cccc(NS(=O)(=O)c3cc(Cl)ccc3Cl)c1)C1CC1)CCCCCC2. The van der Waals surface area contributed by atoms with Crippen LogP contribution >= 0.6 is 23.2 Å². The molecule has 1 atom stereocenters. The van der Waals surface area contributed by atoms with Crippen molar-refractivity contribution in [3.63, 3.8) is 0 Å². The molecule has 3 aromatic rings. The fourth-order valence-corrected chi connectivity index (χ4v) is 6.90. The van der Waals surface area contributed by atoms with Gasteiger partial charge in [-0.15, -0.1) is 0 Å². The normalized spacial score (nSPS) is 17.1. The second kappa shape index (κ2) is 10.1. The van der Waals surface area contributed by atoms with Gasteiger partial charge in [0.1, 0.15) is 16.4 Å². The molecule has 0 saturated heterocycles. The highest BCUT2D eigenvalue weighted by atomic mass is 35.5. The molecule has 1 saturated carbocycles. The number of nitrogens with one attached hydrogen (secondary N) is 1. The zero-order valence-electron chi connectivity index (χ0n) is 19.6. The predicted molar refractivity (Wildman–Crippen MR) is 141 cm³/mol. The van der Waals surface area contributed by atoms with Crippen LogP contribution in [0.1, 0.15) is 66.9 Å². The van der Waals surface area contributed by atoms with Crippen molar-refractivity contribution >= 4 is 38.9 Å². The lowest BCUT2D eigenvalue weighted by Gasteiger charge is -2.22. The van der Waals surface area contributed by atoms with E-state index in [2.05, 4.69) is 4.72 Å². The number of hydrogen-bond donors (Lipinski definition) is 2. The highest BCUT2D eigenvalue weighted by Crippen LogP contribution is 2.49. The van der Waals surface area contributed by atoms with Gasteiger partial charge in [0.15, 0.2) is 0 Å². The van der Waals surface area contributed by atoms with Gasteiger partial charge in [-0.05, 0) is 73.9 Å². The van der Waals surface area contributed by atoms with E-state index in [0.717, 1.165) is 49.7 Å². The van der Waals surface area contributed by atoms with Crippen LogP contribution in [0.5, 0.6) is 5.75 Å². The quantitative estimate of drug-likeness (QED) is 0.359. The van der Waals surface area contributed by atoms with Crippen molar-refractivity contribution in [3.8, 4) is 5.75 Å². The van der Waals surface area contributed by atoms with Gasteiger partial charge in [0.2, 0.25) is 0 Å². The summed E-state index contributed by atoms with van der Waals surface area (Å²) in [4.78, 5) is 13.0. The summed E-state index contributed by atoms with van der Waals surface area (Å²) in [7, 11) is -4.01. The Morgan fingerprint density at radius 2 is 1.75 bits per heavy atom. The van der Waals surface area contributed by atoms with Crippen molar-refractivity contribution in [2.75, 3.05) is 4.72 Å². The summed E-state index contributed by atoms with van der Waals surface area (Å²) < 4.78 is 34.4. The van der Waals surface area contributed by atoms with Gasteiger partial charge in [0.05, 0.1) is 10.6 Å². The molecule has 2 aliphatic carbocycles.